The molecule has 0 aliphatic heterocycles. The molecule has 1 atom stereocenters. The fourth-order valence-electron chi connectivity index (χ4n) is 1.98. The monoisotopic (exact) mass is 174 g/mol. The van der Waals surface area contributed by atoms with Crippen LogP contribution in [0.2, 0.25) is 0 Å². The van der Waals surface area contributed by atoms with Gasteiger partial charge in [-0.05, 0) is 12.8 Å². The lowest BCUT2D eigenvalue weighted by Crippen LogP contribution is -2.39. The first-order chi connectivity index (χ1) is 5.55. The van der Waals surface area contributed by atoms with Crippen LogP contribution in [-0.4, -0.2) is 11.0 Å². The maximum Gasteiger partial charge on any atom is 0.211 e. The molecule has 0 saturated heterocycles. The first-order valence-electron chi connectivity index (χ1n) is 4.96. The van der Waals surface area contributed by atoms with Crippen molar-refractivity contribution in [2.45, 2.75) is 51.8 Å². The highest BCUT2D eigenvalue weighted by Gasteiger charge is 2.39. The molecule has 1 aliphatic rings. The summed E-state index contributed by atoms with van der Waals surface area (Å²) >= 11 is 0. The number of aliphatic hydroxyl groups is 1. The molecule has 0 radical (unpaired) electrons. The lowest BCUT2D eigenvalue weighted by Gasteiger charge is -2.34. The fraction of sp³-hybridized carbons (Fsp3) is 1.00. The molecule has 1 N–H and O–H groups in total. The van der Waals surface area contributed by atoms with E-state index in [1.54, 1.807) is 13.8 Å². The van der Waals surface area contributed by atoms with E-state index >= 15 is 0 Å². The van der Waals surface area contributed by atoms with Crippen LogP contribution in [0.3, 0.4) is 0 Å². The smallest absolute Gasteiger partial charge is 0.211 e. The minimum Gasteiger partial charge on any atom is -0.361 e. The minimum absolute atomic E-state index is 0.119. The quantitative estimate of drug-likeness (QED) is 0.682. The summed E-state index contributed by atoms with van der Waals surface area (Å²) in [6.07, 6.45) is 5.05. The molecule has 1 nitrogen and oxygen atoms in total. The highest BCUT2D eigenvalue weighted by Crippen LogP contribution is 2.37. The summed E-state index contributed by atoms with van der Waals surface area (Å²) in [6.45, 7) is 3.49. The van der Waals surface area contributed by atoms with E-state index in [1.807, 2.05) is 0 Å². The number of hydrogen-bond acceptors (Lipinski definition) is 1. The Bertz CT molecular complexity index is 137. The summed E-state index contributed by atoms with van der Waals surface area (Å²) in [4.78, 5) is 0. The number of halogens is 1. The Morgan fingerprint density at radius 2 is 1.75 bits per heavy atom. The van der Waals surface area contributed by atoms with E-state index in [2.05, 4.69) is 0 Å². The van der Waals surface area contributed by atoms with Crippen LogP contribution in [0.4, 0.5) is 4.39 Å². The van der Waals surface area contributed by atoms with Crippen LogP contribution in [0.5, 0.6) is 0 Å². The normalized spacial score (nSPS) is 25.8. The van der Waals surface area contributed by atoms with Gasteiger partial charge in [0.2, 0.25) is 5.85 Å². The van der Waals surface area contributed by atoms with Crippen molar-refractivity contribution in [2.24, 2.45) is 11.8 Å². The number of alkyl halides is 1. The van der Waals surface area contributed by atoms with E-state index in [1.165, 1.54) is 6.42 Å². The molecule has 1 saturated carbocycles. The average Bonchev–Trinajstić information content (AvgIpc) is 2.06. The minimum atomic E-state index is -1.93. The maximum absolute atomic E-state index is 13.7. The van der Waals surface area contributed by atoms with Crippen molar-refractivity contribution in [3.8, 4) is 0 Å². The zero-order valence-corrected chi connectivity index (χ0v) is 8.02. The molecular formula is C10H19FO. The van der Waals surface area contributed by atoms with Gasteiger partial charge in [-0.1, -0.05) is 33.1 Å². The first-order valence-corrected chi connectivity index (χ1v) is 4.96. The van der Waals surface area contributed by atoms with Crippen molar-refractivity contribution in [1.29, 1.82) is 0 Å². The van der Waals surface area contributed by atoms with E-state index in [0.717, 1.165) is 25.7 Å². The predicted molar refractivity (Wildman–Crippen MR) is 47.5 cm³/mol. The zero-order valence-electron chi connectivity index (χ0n) is 8.02. The van der Waals surface area contributed by atoms with E-state index in [4.69, 9.17) is 0 Å². The summed E-state index contributed by atoms with van der Waals surface area (Å²) in [5, 5.41) is 9.55. The van der Waals surface area contributed by atoms with Gasteiger partial charge in [0.05, 0.1) is 0 Å². The molecule has 72 valence electrons. The van der Waals surface area contributed by atoms with Crippen molar-refractivity contribution in [1.82, 2.24) is 0 Å². The van der Waals surface area contributed by atoms with Gasteiger partial charge in [-0.2, -0.15) is 0 Å². The lowest BCUT2D eigenvalue weighted by molar-refractivity contribution is -0.175. The van der Waals surface area contributed by atoms with Gasteiger partial charge in [0.1, 0.15) is 0 Å². The Morgan fingerprint density at radius 1 is 1.25 bits per heavy atom. The van der Waals surface area contributed by atoms with E-state index in [-0.39, 0.29) is 11.8 Å². The summed E-state index contributed by atoms with van der Waals surface area (Å²) < 4.78 is 13.7. The molecular weight excluding hydrogens is 155 g/mol. The van der Waals surface area contributed by atoms with Gasteiger partial charge in [0, 0.05) is 11.8 Å². The molecule has 0 bridgehead atoms. The highest BCUT2D eigenvalue weighted by molar-refractivity contribution is 4.81. The van der Waals surface area contributed by atoms with E-state index in [9.17, 15) is 9.50 Å². The predicted octanol–water partition coefficient (Wildman–Crippen LogP) is 2.88. The van der Waals surface area contributed by atoms with Crippen LogP contribution in [0.25, 0.3) is 0 Å². The maximum atomic E-state index is 13.7. The molecule has 1 aliphatic carbocycles. The Kier molecular flexibility index (Phi) is 3.10. The summed E-state index contributed by atoms with van der Waals surface area (Å²) in [5.74, 6) is -2.33. The van der Waals surface area contributed by atoms with Crippen molar-refractivity contribution < 1.29 is 9.50 Å². The largest absolute Gasteiger partial charge is 0.361 e. The van der Waals surface area contributed by atoms with Crippen LogP contribution < -0.4 is 0 Å². The second kappa shape index (κ2) is 3.73. The van der Waals surface area contributed by atoms with Crippen LogP contribution in [0.15, 0.2) is 0 Å². The van der Waals surface area contributed by atoms with Crippen LogP contribution in [0.1, 0.15) is 46.0 Å². The van der Waals surface area contributed by atoms with Gasteiger partial charge in [-0.25, -0.2) is 4.39 Å². The Morgan fingerprint density at radius 3 is 2.17 bits per heavy atom. The van der Waals surface area contributed by atoms with Crippen LogP contribution >= 0.6 is 0 Å². The van der Waals surface area contributed by atoms with Gasteiger partial charge in [-0.3, -0.25) is 0 Å². The second-order valence-corrected chi connectivity index (χ2v) is 4.22. The molecule has 0 amide bonds. The number of hydrogen-bond donors (Lipinski definition) is 1. The lowest BCUT2D eigenvalue weighted by atomic mass is 9.80. The third-order valence-electron chi connectivity index (χ3n) is 2.99. The summed E-state index contributed by atoms with van der Waals surface area (Å²) in [5.41, 5.74) is 0. The molecule has 1 unspecified atom stereocenters. The molecule has 0 spiro atoms. The molecule has 12 heavy (non-hydrogen) atoms. The SMILES string of the molecule is CC(C)C(O)(F)C1CCCCC1. The van der Waals surface area contributed by atoms with Gasteiger partial charge < -0.3 is 5.11 Å². The Labute approximate surface area is 74.0 Å². The molecule has 1 rings (SSSR count). The van der Waals surface area contributed by atoms with Gasteiger partial charge in [0.15, 0.2) is 0 Å². The van der Waals surface area contributed by atoms with Crippen molar-refractivity contribution in [2.75, 3.05) is 0 Å². The summed E-state index contributed by atoms with van der Waals surface area (Å²) in [6, 6.07) is 0. The molecule has 1 fully saturated rings. The van der Waals surface area contributed by atoms with Crippen LogP contribution in [-0.2, 0) is 0 Å². The topological polar surface area (TPSA) is 20.2 Å². The fourth-order valence-corrected chi connectivity index (χ4v) is 1.98. The zero-order chi connectivity index (χ0) is 9.19. The highest BCUT2D eigenvalue weighted by atomic mass is 19.2. The van der Waals surface area contributed by atoms with Crippen molar-refractivity contribution in [3.63, 3.8) is 0 Å². The standard InChI is InChI=1S/C10H19FO/c1-8(2)10(11,12)9-6-4-3-5-7-9/h8-9,12H,3-7H2,1-2H3. The average molecular weight is 174 g/mol. The van der Waals surface area contributed by atoms with Crippen molar-refractivity contribution >= 4 is 0 Å². The third-order valence-corrected chi connectivity index (χ3v) is 2.99. The van der Waals surface area contributed by atoms with E-state index < -0.39 is 5.85 Å². The summed E-state index contributed by atoms with van der Waals surface area (Å²) in [7, 11) is 0. The van der Waals surface area contributed by atoms with Crippen LogP contribution in [0, 0.1) is 11.8 Å². The molecule has 0 aromatic heterocycles. The van der Waals surface area contributed by atoms with Gasteiger partial charge in [-0.15, -0.1) is 0 Å². The third kappa shape index (κ3) is 1.98. The van der Waals surface area contributed by atoms with Gasteiger partial charge in [0.25, 0.3) is 0 Å². The van der Waals surface area contributed by atoms with Crippen molar-refractivity contribution in [3.05, 3.63) is 0 Å². The Balaban J connectivity index is 2.53. The van der Waals surface area contributed by atoms with Gasteiger partial charge >= 0.3 is 0 Å². The first kappa shape index (κ1) is 9.97. The second-order valence-electron chi connectivity index (χ2n) is 4.22. The molecule has 2 heteroatoms. The molecule has 0 aromatic rings. The van der Waals surface area contributed by atoms with E-state index in [0.29, 0.717) is 0 Å². The molecule has 0 aromatic carbocycles. The molecule has 0 heterocycles. The number of rotatable bonds is 2. The Hall–Kier alpha value is -0.110.